The summed E-state index contributed by atoms with van der Waals surface area (Å²) in [5.74, 6) is 0.915. The molecule has 2 aliphatic heterocycles. The molecule has 0 aliphatic carbocycles. The first kappa shape index (κ1) is 16.0. The third kappa shape index (κ3) is 3.14. The van der Waals surface area contributed by atoms with E-state index in [0.717, 1.165) is 38.2 Å². The van der Waals surface area contributed by atoms with Crippen molar-refractivity contribution in [3.05, 3.63) is 34.2 Å². The average Bonchev–Trinajstić information content (AvgIpc) is 2.46. The number of likely N-dealkylation sites (tertiary alicyclic amines) is 1. The van der Waals surface area contributed by atoms with Crippen LogP contribution < -0.4 is 11.3 Å². The lowest BCUT2D eigenvalue weighted by Crippen LogP contribution is -2.49. The number of nitrogens with zero attached hydrogens (tertiary/aromatic N) is 2. The molecule has 3 rings (SSSR count). The maximum atomic E-state index is 12.2. The van der Waals surface area contributed by atoms with Crippen LogP contribution in [-0.2, 0) is 11.3 Å². The quantitative estimate of drug-likeness (QED) is 0.904. The van der Waals surface area contributed by atoms with E-state index in [0.29, 0.717) is 24.8 Å². The van der Waals surface area contributed by atoms with Crippen LogP contribution in [0.25, 0.3) is 0 Å². The summed E-state index contributed by atoms with van der Waals surface area (Å²) in [6, 6.07) is 5.47. The molecule has 1 saturated heterocycles. The Balaban J connectivity index is 0.00000161. The molecular formula is C15H22ClN3O2. The number of carbonyl (C=O) groups is 1. The van der Waals surface area contributed by atoms with Gasteiger partial charge in [-0.1, -0.05) is 6.07 Å². The normalized spacial score (nSPS) is 23.2. The van der Waals surface area contributed by atoms with Gasteiger partial charge in [0, 0.05) is 43.7 Å². The van der Waals surface area contributed by atoms with Crippen LogP contribution in [0.4, 0.5) is 0 Å². The summed E-state index contributed by atoms with van der Waals surface area (Å²) >= 11 is 0. The molecule has 2 atom stereocenters. The second-order valence-electron chi connectivity index (χ2n) is 5.89. The van der Waals surface area contributed by atoms with Crippen molar-refractivity contribution in [2.75, 3.05) is 19.6 Å². The maximum absolute atomic E-state index is 12.2. The molecule has 1 aromatic heterocycles. The first-order chi connectivity index (χ1) is 9.69. The number of nitrogens with two attached hydrogens (primary N) is 1. The molecule has 21 heavy (non-hydrogen) atoms. The van der Waals surface area contributed by atoms with Gasteiger partial charge < -0.3 is 15.2 Å². The fourth-order valence-electron chi connectivity index (χ4n) is 3.51. The minimum absolute atomic E-state index is 0. The van der Waals surface area contributed by atoms with Crippen molar-refractivity contribution in [3.63, 3.8) is 0 Å². The summed E-state index contributed by atoms with van der Waals surface area (Å²) in [7, 11) is 0. The van der Waals surface area contributed by atoms with E-state index in [4.69, 9.17) is 5.73 Å². The third-order valence-corrected chi connectivity index (χ3v) is 4.43. The van der Waals surface area contributed by atoms with Gasteiger partial charge >= 0.3 is 0 Å². The predicted molar refractivity (Wildman–Crippen MR) is 83.7 cm³/mol. The molecule has 2 unspecified atom stereocenters. The van der Waals surface area contributed by atoms with Gasteiger partial charge in [-0.15, -0.1) is 12.4 Å². The molecular weight excluding hydrogens is 290 g/mol. The van der Waals surface area contributed by atoms with E-state index in [1.807, 2.05) is 21.6 Å². The first-order valence-corrected chi connectivity index (χ1v) is 7.36. The lowest BCUT2D eigenvalue weighted by atomic mass is 9.83. The van der Waals surface area contributed by atoms with Gasteiger partial charge in [0.1, 0.15) is 0 Å². The standard InChI is InChI=1S/C15H21N3O2.ClH/c16-6-2-5-14(19)17-8-11-7-12(10-17)13-3-1-4-15(20)18(13)9-11;/h1,3-4,11-12H,2,5-10,16H2;1H. The number of pyridine rings is 1. The lowest BCUT2D eigenvalue weighted by Gasteiger charge is -2.42. The summed E-state index contributed by atoms with van der Waals surface area (Å²) in [6.45, 7) is 2.82. The van der Waals surface area contributed by atoms with Crippen LogP contribution in [0, 0.1) is 5.92 Å². The van der Waals surface area contributed by atoms with E-state index < -0.39 is 0 Å². The number of fused-ring (bicyclic) bond motifs is 4. The van der Waals surface area contributed by atoms with Gasteiger partial charge in [-0.25, -0.2) is 0 Å². The Kier molecular flexibility index (Phi) is 5.06. The summed E-state index contributed by atoms with van der Waals surface area (Å²) < 4.78 is 1.89. The van der Waals surface area contributed by atoms with Crippen molar-refractivity contribution in [1.29, 1.82) is 0 Å². The Morgan fingerprint density at radius 3 is 2.86 bits per heavy atom. The summed E-state index contributed by atoms with van der Waals surface area (Å²) in [5.41, 5.74) is 6.64. The van der Waals surface area contributed by atoms with Crippen LogP contribution in [0.1, 0.15) is 30.9 Å². The predicted octanol–water partition coefficient (Wildman–Crippen LogP) is 0.955. The minimum Gasteiger partial charge on any atom is -0.342 e. The molecule has 116 valence electrons. The van der Waals surface area contributed by atoms with Crippen LogP contribution in [0.15, 0.2) is 23.0 Å². The van der Waals surface area contributed by atoms with Crippen LogP contribution in [0.2, 0.25) is 0 Å². The van der Waals surface area contributed by atoms with Gasteiger partial charge in [-0.2, -0.15) is 0 Å². The molecule has 0 aromatic carbocycles. The van der Waals surface area contributed by atoms with E-state index in [-0.39, 0.29) is 23.9 Å². The van der Waals surface area contributed by atoms with E-state index in [9.17, 15) is 9.59 Å². The Morgan fingerprint density at radius 1 is 1.29 bits per heavy atom. The van der Waals surface area contributed by atoms with Gasteiger partial charge in [-0.3, -0.25) is 9.59 Å². The highest BCUT2D eigenvalue weighted by atomic mass is 35.5. The average molecular weight is 312 g/mol. The Bertz CT molecular complexity index is 572. The van der Waals surface area contributed by atoms with Crippen LogP contribution in [0.5, 0.6) is 0 Å². The number of rotatable bonds is 3. The molecule has 1 fully saturated rings. The highest BCUT2D eigenvalue weighted by Crippen LogP contribution is 2.35. The monoisotopic (exact) mass is 311 g/mol. The van der Waals surface area contributed by atoms with Crippen molar-refractivity contribution in [2.24, 2.45) is 11.7 Å². The molecule has 0 spiro atoms. The highest BCUT2D eigenvalue weighted by molar-refractivity contribution is 5.85. The molecule has 6 heteroatoms. The first-order valence-electron chi connectivity index (χ1n) is 7.36. The van der Waals surface area contributed by atoms with Gasteiger partial charge in [-0.05, 0) is 31.4 Å². The van der Waals surface area contributed by atoms with Crippen molar-refractivity contribution in [2.45, 2.75) is 31.7 Å². The molecule has 2 bridgehead atoms. The molecule has 1 amide bonds. The van der Waals surface area contributed by atoms with E-state index >= 15 is 0 Å². The van der Waals surface area contributed by atoms with Gasteiger partial charge in [0.05, 0.1) is 0 Å². The zero-order valence-corrected chi connectivity index (χ0v) is 12.8. The van der Waals surface area contributed by atoms with Crippen molar-refractivity contribution in [3.8, 4) is 0 Å². The number of aromatic nitrogens is 1. The SMILES string of the molecule is Cl.NCCCC(=O)N1CC2CC(C1)c1cccc(=O)n1C2. The Morgan fingerprint density at radius 2 is 2.10 bits per heavy atom. The Labute approximate surface area is 130 Å². The zero-order chi connectivity index (χ0) is 14.1. The van der Waals surface area contributed by atoms with Gasteiger partial charge in [0.15, 0.2) is 0 Å². The van der Waals surface area contributed by atoms with Crippen LogP contribution in [0.3, 0.4) is 0 Å². The minimum atomic E-state index is 0. The number of hydrogen-bond acceptors (Lipinski definition) is 3. The summed E-state index contributed by atoms with van der Waals surface area (Å²) in [4.78, 5) is 26.1. The number of hydrogen-bond donors (Lipinski definition) is 1. The highest BCUT2D eigenvalue weighted by Gasteiger charge is 2.35. The Hall–Kier alpha value is -1.33. The number of halogens is 1. The molecule has 1 aromatic rings. The van der Waals surface area contributed by atoms with Crippen LogP contribution >= 0.6 is 12.4 Å². The third-order valence-electron chi connectivity index (χ3n) is 4.43. The van der Waals surface area contributed by atoms with E-state index in [1.165, 1.54) is 0 Å². The second-order valence-corrected chi connectivity index (χ2v) is 5.89. The van der Waals surface area contributed by atoms with E-state index in [1.54, 1.807) is 6.07 Å². The van der Waals surface area contributed by atoms with Gasteiger partial charge in [0.2, 0.25) is 5.91 Å². The number of amides is 1. The topological polar surface area (TPSA) is 68.3 Å². The zero-order valence-electron chi connectivity index (χ0n) is 12.0. The van der Waals surface area contributed by atoms with Crippen molar-refractivity contribution >= 4 is 18.3 Å². The fraction of sp³-hybridized carbons (Fsp3) is 0.600. The maximum Gasteiger partial charge on any atom is 0.250 e. The molecule has 0 saturated carbocycles. The second kappa shape index (κ2) is 6.62. The molecule has 2 aliphatic rings. The molecule has 0 radical (unpaired) electrons. The largest absolute Gasteiger partial charge is 0.342 e. The fourth-order valence-corrected chi connectivity index (χ4v) is 3.51. The number of carbonyl (C=O) groups excluding carboxylic acids is 1. The molecule has 5 nitrogen and oxygen atoms in total. The van der Waals surface area contributed by atoms with Crippen molar-refractivity contribution in [1.82, 2.24) is 9.47 Å². The smallest absolute Gasteiger partial charge is 0.250 e. The van der Waals surface area contributed by atoms with Crippen molar-refractivity contribution < 1.29 is 4.79 Å². The van der Waals surface area contributed by atoms with E-state index in [2.05, 4.69) is 0 Å². The number of piperidine rings is 1. The van der Waals surface area contributed by atoms with Gasteiger partial charge in [0.25, 0.3) is 5.56 Å². The van der Waals surface area contributed by atoms with Crippen LogP contribution in [-0.4, -0.2) is 35.0 Å². The lowest BCUT2D eigenvalue weighted by molar-refractivity contribution is -0.134. The molecule has 3 heterocycles. The summed E-state index contributed by atoms with van der Waals surface area (Å²) in [6.07, 6.45) is 2.38. The summed E-state index contributed by atoms with van der Waals surface area (Å²) in [5, 5.41) is 0. The molecule has 2 N–H and O–H groups in total.